The molecule has 20 heavy (non-hydrogen) atoms. The van der Waals surface area contributed by atoms with E-state index in [9.17, 15) is 9.59 Å². The quantitative estimate of drug-likeness (QED) is 0.869. The molecule has 0 aliphatic heterocycles. The van der Waals surface area contributed by atoms with Gasteiger partial charge >= 0.3 is 6.03 Å². The summed E-state index contributed by atoms with van der Waals surface area (Å²) in [5, 5.41) is 5.67. The first kappa shape index (κ1) is 16.0. The van der Waals surface area contributed by atoms with Gasteiger partial charge in [0.1, 0.15) is 0 Å². The first-order chi connectivity index (χ1) is 9.47. The second kappa shape index (κ2) is 7.53. The van der Waals surface area contributed by atoms with E-state index in [1.54, 1.807) is 4.90 Å². The number of benzene rings is 1. The summed E-state index contributed by atoms with van der Waals surface area (Å²) in [5.41, 5.74) is 1.75. The van der Waals surface area contributed by atoms with Crippen molar-refractivity contribution in [1.82, 2.24) is 10.2 Å². The van der Waals surface area contributed by atoms with Crippen LogP contribution in [0.5, 0.6) is 0 Å². The average Bonchev–Trinajstić information content (AvgIpc) is 2.40. The van der Waals surface area contributed by atoms with Crippen LogP contribution >= 0.6 is 0 Å². The molecule has 110 valence electrons. The van der Waals surface area contributed by atoms with Crippen molar-refractivity contribution in [2.24, 2.45) is 0 Å². The van der Waals surface area contributed by atoms with Gasteiger partial charge in [0.05, 0.1) is 6.04 Å². The van der Waals surface area contributed by atoms with Crippen LogP contribution in [0.1, 0.15) is 39.3 Å². The molecule has 0 fully saturated rings. The number of amides is 3. The maximum atomic E-state index is 11.9. The zero-order valence-electron chi connectivity index (χ0n) is 12.6. The fourth-order valence-corrected chi connectivity index (χ4v) is 1.96. The molecule has 1 aromatic rings. The predicted octanol–water partition coefficient (Wildman–Crippen LogP) is 2.76. The summed E-state index contributed by atoms with van der Waals surface area (Å²) >= 11 is 0. The van der Waals surface area contributed by atoms with E-state index >= 15 is 0 Å². The van der Waals surface area contributed by atoms with Crippen LogP contribution in [0.4, 0.5) is 10.5 Å². The van der Waals surface area contributed by atoms with Gasteiger partial charge in [0.2, 0.25) is 5.91 Å². The maximum Gasteiger partial charge on any atom is 0.321 e. The van der Waals surface area contributed by atoms with Crippen LogP contribution in [0.2, 0.25) is 0 Å². The molecular formula is C15H23N3O2. The van der Waals surface area contributed by atoms with Crippen LogP contribution < -0.4 is 10.6 Å². The van der Waals surface area contributed by atoms with Crippen molar-refractivity contribution in [3.8, 4) is 0 Å². The number of carbonyl (C=O) groups is 2. The van der Waals surface area contributed by atoms with Gasteiger partial charge in [-0.3, -0.25) is 4.79 Å². The number of nitrogens with one attached hydrogen (secondary N) is 2. The highest BCUT2D eigenvalue weighted by molar-refractivity contribution is 5.89. The lowest BCUT2D eigenvalue weighted by Gasteiger charge is -2.19. The Morgan fingerprint density at radius 1 is 1.15 bits per heavy atom. The molecule has 1 atom stereocenters. The van der Waals surface area contributed by atoms with Gasteiger partial charge < -0.3 is 15.5 Å². The van der Waals surface area contributed by atoms with Crippen molar-refractivity contribution in [2.45, 2.75) is 33.7 Å². The Labute approximate surface area is 120 Å². The minimum absolute atomic E-state index is 0.0416. The van der Waals surface area contributed by atoms with Gasteiger partial charge in [0.25, 0.3) is 0 Å². The Balaban J connectivity index is 2.67. The van der Waals surface area contributed by atoms with Gasteiger partial charge in [-0.15, -0.1) is 0 Å². The minimum Gasteiger partial charge on any atom is -0.350 e. The molecule has 5 heteroatoms. The van der Waals surface area contributed by atoms with Gasteiger partial charge in [-0.05, 0) is 38.5 Å². The van der Waals surface area contributed by atoms with E-state index < -0.39 is 0 Å². The number of hydrogen-bond donors (Lipinski definition) is 2. The van der Waals surface area contributed by atoms with Crippen molar-refractivity contribution in [2.75, 3.05) is 18.4 Å². The second-order valence-electron chi connectivity index (χ2n) is 4.65. The van der Waals surface area contributed by atoms with Crippen molar-refractivity contribution in [3.05, 3.63) is 29.8 Å². The number of rotatable bonds is 5. The summed E-state index contributed by atoms with van der Waals surface area (Å²) in [7, 11) is 0. The molecule has 0 aliphatic rings. The molecule has 0 radical (unpaired) electrons. The molecule has 0 aromatic heterocycles. The fraction of sp³-hybridized carbons (Fsp3) is 0.467. The highest BCUT2D eigenvalue weighted by Gasteiger charge is 2.10. The average molecular weight is 277 g/mol. The van der Waals surface area contributed by atoms with E-state index in [0.717, 1.165) is 11.3 Å². The van der Waals surface area contributed by atoms with Crippen LogP contribution in [-0.2, 0) is 4.79 Å². The van der Waals surface area contributed by atoms with Crippen molar-refractivity contribution >= 4 is 17.6 Å². The molecule has 1 aromatic carbocycles. The van der Waals surface area contributed by atoms with E-state index in [1.807, 2.05) is 45.0 Å². The Kier molecular flexibility index (Phi) is 6.03. The Hall–Kier alpha value is -2.04. The summed E-state index contributed by atoms with van der Waals surface area (Å²) in [4.78, 5) is 24.6. The molecule has 0 heterocycles. The van der Waals surface area contributed by atoms with Crippen molar-refractivity contribution < 1.29 is 9.59 Å². The van der Waals surface area contributed by atoms with E-state index in [-0.39, 0.29) is 18.0 Å². The topological polar surface area (TPSA) is 61.4 Å². The van der Waals surface area contributed by atoms with Gasteiger partial charge in [-0.1, -0.05) is 12.1 Å². The van der Waals surface area contributed by atoms with E-state index in [0.29, 0.717) is 13.1 Å². The molecule has 1 rings (SSSR count). The number of hydrogen-bond acceptors (Lipinski definition) is 2. The van der Waals surface area contributed by atoms with Crippen LogP contribution in [0.15, 0.2) is 24.3 Å². The third kappa shape index (κ3) is 4.57. The fourth-order valence-electron chi connectivity index (χ4n) is 1.96. The number of urea groups is 1. The Morgan fingerprint density at radius 2 is 1.70 bits per heavy atom. The van der Waals surface area contributed by atoms with Crippen molar-refractivity contribution in [3.63, 3.8) is 0 Å². The van der Waals surface area contributed by atoms with Crippen LogP contribution in [0.25, 0.3) is 0 Å². The zero-order chi connectivity index (χ0) is 15.1. The van der Waals surface area contributed by atoms with Gasteiger partial charge in [0, 0.05) is 25.7 Å². The largest absolute Gasteiger partial charge is 0.350 e. The lowest BCUT2D eigenvalue weighted by atomic mass is 10.1. The lowest BCUT2D eigenvalue weighted by molar-refractivity contribution is -0.119. The van der Waals surface area contributed by atoms with Crippen LogP contribution in [0.3, 0.4) is 0 Å². The predicted molar refractivity (Wildman–Crippen MR) is 80.6 cm³/mol. The summed E-state index contributed by atoms with van der Waals surface area (Å²) in [6, 6.07) is 7.35. The van der Waals surface area contributed by atoms with E-state index in [2.05, 4.69) is 10.6 Å². The molecular weight excluding hydrogens is 254 g/mol. The summed E-state index contributed by atoms with van der Waals surface area (Å²) < 4.78 is 0. The monoisotopic (exact) mass is 277 g/mol. The number of carbonyl (C=O) groups excluding carboxylic acids is 2. The van der Waals surface area contributed by atoms with Gasteiger partial charge in [-0.25, -0.2) is 4.79 Å². The van der Waals surface area contributed by atoms with Crippen molar-refractivity contribution in [1.29, 1.82) is 0 Å². The van der Waals surface area contributed by atoms with E-state index in [4.69, 9.17) is 0 Å². The molecule has 2 N–H and O–H groups in total. The molecule has 0 bridgehead atoms. The maximum absolute atomic E-state index is 11.9. The number of nitrogens with zero attached hydrogens (tertiary/aromatic N) is 1. The molecule has 0 unspecified atom stereocenters. The Bertz CT molecular complexity index is 453. The smallest absolute Gasteiger partial charge is 0.321 e. The number of anilines is 1. The molecule has 3 amide bonds. The summed E-state index contributed by atoms with van der Waals surface area (Å²) in [6.07, 6.45) is 0. The van der Waals surface area contributed by atoms with Crippen LogP contribution in [0, 0.1) is 0 Å². The molecule has 5 nitrogen and oxygen atoms in total. The molecule has 0 aliphatic carbocycles. The minimum atomic E-state index is -0.0994. The third-order valence-electron chi connectivity index (χ3n) is 3.13. The Morgan fingerprint density at radius 3 is 2.15 bits per heavy atom. The first-order valence-electron chi connectivity index (χ1n) is 6.90. The standard InChI is InChI=1S/C15H23N3O2/c1-5-18(6-2)15(20)17-14-9-7-13(8-10-14)11(3)16-12(4)19/h7-11H,5-6H2,1-4H3,(H,16,19)(H,17,20)/t11-/m0/s1. The normalized spacial score (nSPS) is 11.6. The molecule has 0 saturated heterocycles. The second-order valence-corrected chi connectivity index (χ2v) is 4.65. The lowest BCUT2D eigenvalue weighted by Crippen LogP contribution is -2.34. The highest BCUT2D eigenvalue weighted by atomic mass is 16.2. The summed E-state index contributed by atoms with van der Waals surface area (Å²) in [6.45, 7) is 8.67. The summed E-state index contributed by atoms with van der Waals surface area (Å²) in [5.74, 6) is -0.0589. The molecule has 0 spiro atoms. The van der Waals surface area contributed by atoms with Gasteiger partial charge in [0.15, 0.2) is 0 Å². The first-order valence-corrected chi connectivity index (χ1v) is 6.90. The third-order valence-corrected chi connectivity index (χ3v) is 3.13. The molecule has 0 saturated carbocycles. The van der Waals surface area contributed by atoms with Crippen LogP contribution in [-0.4, -0.2) is 29.9 Å². The van der Waals surface area contributed by atoms with Gasteiger partial charge in [-0.2, -0.15) is 0 Å². The highest BCUT2D eigenvalue weighted by Crippen LogP contribution is 2.16. The SMILES string of the molecule is CCN(CC)C(=O)Nc1ccc([C@H](C)NC(C)=O)cc1. The van der Waals surface area contributed by atoms with E-state index in [1.165, 1.54) is 6.92 Å². The zero-order valence-corrected chi connectivity index (χ0v) is 12.6.